The van der Waals surface area contributed by atoms with E-state index in [0.717, 1.165) is 21.0 Å². The van der Waals surface area contributed by atoms with Gasteiger partial charge in [0.1, 0.15) is 11.5 Å². The van der Waals surface area contributed by atoms with Crippen LogP contribution in [0.15, 0.2) is 76.7 Å². The lowest BCUT2D eigenvalue weighted by molar-refractivity contribution is -0.121. The highest BCUT2D eigenvalue weighted by molar-refractivity contribution is 7.89. The molecule has 0 radical (unpaired) electrons. The second-order valence-corrected chi connectivity index (χ2v) is 9.91. The first kappa shape index (κ1) is 25.9. The summed E-state index contributed by atoms with van der Waals surface area (Å²) in [5.41, 5.74) is 5.71. The van der Waals surface area contributed by atoms with Crippen LogP contribution in [-0.4, -0.2) is 45.6 Å². The maximum absolute atomic E-state index is 13.4. The molecule has 184 valence electrons. The van der Waals surface area contributed by atoms with Crippen LogP contribution in [0.4, 0.5) is 0 Å². The van der Waals surface area contributed by atoms with E-state index in [1.165, 1.54) is 13.3 Å². The molecule has 8 nitrogen and oxygen atoms in total. The highest BCUT2D eigenvalue weighted by Crippen LogP contribution is 2.22. The summed E-state index contributed by atoms with van der Waals surface area (Å²) in [5.74, 6) is 0.574. The Morgan fingerprint density at radius 1 is 0.971 bits per heavy atom. The minimum Gasteiger partial charge on any atom is -0.497 e. The number of carbonyl (C=O) groups is 1. The zero-order valence-corrected chi connectivity index (χ0v) is 21.0. The molecule has 0 aliphatic heterocycles. The van der Waals surface area contributed by atoms with Gasteiger partial charge in [-0.05, 0) is 49.7 Å². The molecule has 0 saturated carbocycles. The van der Waals surface area contributed by atoms with Crippen LogP contribution in [0.3, 0.4) is 0 Å². The fourth-order valence-corrected chi connectivity index (χ4v) is 4.79. The molecule has 35 heavy (non-hydrogen) atoms. The van der Waals surface area contributed by atoms with Crippen LogP contribution < -0.4 is 14.9 Å². The Morgan fingerprint density at radius 3 is 2.37 bits per heavy atom. The molecule has 3 rings (SSSR count). The van der Waals surface area contributed by atoms with E-state index in [1.807, 2.05) is 38.1 Å². The van der Waals surface area contributed by atoms with Crippen molar-refractivity contribution in [3.63, 3.8) is 0 Å². The van der Waals surface area contributed by atoms with Gasteiger partial charge in [-0.15, -0.1) is 0 Å². The number of rotatable bonds is 10. The molecule has 0 aliphatic carbocycles. The first-order chi connectivity index (χ1) is 16.7. The topological polar surface area (TPSA) is 97.3 Å². The number of carbonyl (C=O) groups excluding carboxylic acids is 1. The summed E-state index contributed by atoms with van der Waals surface area (Å²) in [6, 6.07) is 19.2. The van der Waals surface area contributed by atoms with Crippen molar-refractivity contribution in [1.29, 1.82) is 0 Å². The highest BCUT2D eigenvalue weighted by Gasteiger charge is 2.27. The highest BCUT2D eigenvalue weighted by atomic mass is 32.2. The molecule has 0 saturated heterocycles. The molecule has 3 aromatic carbocycles. The minimum absolute atomic E-state index is 0.0404. The van der Waals surface area contributed by atoms with Gasteiger partial charge in [-0.25, -0.2) is 13.8 Å². The molecule has 0 bridgehead atoms. The molecule has 0 aliphatic rings. The number of aryl methyl sites for hydroxylation is 2. The van der Waals surface area contributed by atoms with Gasteiger partial charge in [0.2, 0.25) is 10.0 Å². The monoisotopic (exact) mass is 495 g/mol. The average molecular weight is 496 g/mol. The standard InChI is InChI=1S/C26H29N3O5S/c1-19-8-11-24(12-9-19)35(31,32)29(17-21-7-5-6-20(2)14-21)18-26(30)28-27-16-22-15-23(33-3)10-13-25(22)34-4/h5-16H,17-18H2,1-4H3,(H,28,30)/b27-16-. The molecule has 0 unspecified atom stereocenters. The number of hydrogen-bond acceptors (Lipinski definition) is 6. The number of hydrogen-bond donors (Lipinski definition) is 1. The molecular formula is C26H29N3O5S. The van der Waals surface area contributed by atoms with E-state index in [1.54, 1.807) is 49.6 Å². The van der Waals surface area contributed by atoms with E-state index in [-0.39, 0.29) is 11.4 Å². The number of benzene rings is 3. The summed E-state index contributed by atoms with van der Waals surface area (Å²) >= 11 is 0. The zero-order valence-electron chi connectivity index (χ0n) is 20.2. The van der Waals surface area contributed by atoms with Crippen molar-refractivity contribution < 1.29 is 22.7 Å². The van der Waals surface area contributed by atoms with E-state index in [2.05, 4.69) is 10.5 Å². The Hall–Kier alpha value is -3.69. The number of methoxy groups -OCH3 is 2. The lowest BCUT2D eigenvalue weighted by atomic mass is 10.1. The Labute approximate surface area is 206 Å². The van der Waals surface area contributed by atoms with Crippen LogP contribution in [-0.2, 0) is 21.4 Å². The van der Waals surface area contributed by atoms with Crippen molar-refractivity contribution >= 4 is 22.1 Å². The fraction of sp³-hybridized carbons (Fsp3) is 0.231. The van der Waals surface area contributed by atoms with E-state index < -0.39 is 22.5 Å². The summed E-state index contributed by atoms with van der Waals surface area (Å²) in [7, 11) is -0.869. The van der Waals surface area contributed by atoms with Gasteiger partial charge >= 0.3 is 0 Å². The van der Waals surface area contributed by atoms with Crippen LogP contribution in [0.5, 0.6) is 11.5 Å². The molecule has 0 aromatic heterocycles. The van der Waals surface area contributed by atoms with Gasteiger partial charge in [0.25, 0.3) is 5.91 Å². The van der Waals surface area contributed by atoms with E-state index in [9.17, 15) is 13.2 Å². The third kappa shape index (κ3) is 6.91. The van der Waals surface area contributed by atoms with Crippen LogP contribution >= 0.6 is 0 Å². The van der Waals surface area contributed by atoms with Crippen molar-refractivity contribution in [1.82, 2.24) is 9.73 Å². The summed E-state index contributed by atoms with van der Waals surface area (Å²) in [6.07, 6.45) is 1.42. The van der Waals surface area contributed by atoms with Gasteiger partial charge < -0.3 is 9.47 Å². The fourth-order valence-electron chi connectivity index (χ4n) is 3.41. The van der Waals surface area contributed by atoms with E-state index in [0.29, 0.717) is 17.1 Å². The van der Waals surface area contributed by atoms with Gasteiger partial charge in [-0.1, -0.05) is 47.5 Å². The van der Waals surface area contributed by atoms with Crippen molar-refractivity contribution in [2.24, 2.45) is 5.10 Å². The molecule has 1 amide bonds. The first-order valence-corrected chi connectivity index (χ1v) is 12.3. The third-order valence-corrected chi connectivity index (χ3v) is 7.06. The summed E-state index contributed by atoms with van der Waals surface area (Å²) in [6.45, 7) is 3.44. The Balaban J connectivity index is 1.81. The van der Waals surface area contributed by atoms with E-state index >= 15 is 0 Å². The first-order valence-electron chi connectivity index (χ1n) is 10.9. The minimum atomic E-state index is -3.94. The lowest BCUT2D eigenvalue weighted by Gasteiger charge is -2.22. The SMILES string of the molecule is COc1ccc(OC)c(/C=N\NC(=O)CN(Cc2cccc(C)c2)S(=O)(=O)c2ccc(C)cc2)c1. The molecule has 1 N–H and O–H groups in total. The molecule has 0 fully saturated rings. The lowest BCUT2D eigenvalue weighted by Crippen LogP contribution is -2.39. The van der Waals surface area contributed by atoms with Gasteiger partial charge in [0.05, 0.1) is 31.9 Å². The molecule has 0 atom stereocenters. The van der Waals surface area contributed by atoms with Crippen LogP contribution in [0.1, 0.15) is 22.3 Å². The van der Waals surface area contributed by atoms with Gasteiger partial charge in [-0.3, -0.25) is 4.79 Å². The van der Waals surface area contributed by atoms with Crippen molar-refractivity contribution in [2.75, 3.05) is 20.8 Å². The van der Waals surface area contributed by atoms with Crippen LogP contribution in [0, 0.1) is 13.8 Å². The number of sulfonamides is 1. The number of nitrogens with one attached hydrogen (secondary N) is 1. The van der Waals surface area contributed by atoms with Gasteiger partial charge in [0, 0.05) is 12.1 Å². The summed E-state index contributed by atoms with van der Waals surface area (Å²) in [4.78, 5) is 12.8. The van der Waals surface area contributed by atoms with Crippen LogP contribution in [0.2, 0.25) is 0 Å². The van der Waals surface area contributed by atoms with Gasteiger partial charge in [0.15, 0.2) is 0 Å². The van der Waals surface area contributed by atoms with Gasteiger partial charge in [-0.2, -0.15) is 9.41 Å². The number of hydrazone groups is 1. The largest absolute Gasteiger partial charge is 0.497 e. The Kier molecular flexibility index (Phi) is 8.62. The predicted molar refractivity (Wildman–Crippen MR) is 135 cm³/mol. The number of nitrogens with zero attached hydrogens (tertiary/aromatic N) is 2. The number of ether oxygens (including phenoxy) is 2. The van der Waals surface area contributed by atoms with Crippen molar-refractivity contribution in [3.8, 4) is 11.5 Å². The van der Waals surface area contributed by atoms with Crippen LogP contribution in [0.25, 0.3) is 0 Å². The molecule has 0 heterocycles. The quantitative estimate of drug-likeness (QED) is 0.342. The number of amides is 1. The zero-order chi connectivity index (χ0) is 25.4. The summed E-state index contributed by atoms with van der Waals surface area (Å²) < 4.78 is 38.4. The average Bonchev–Trinajstić information content (AvgIpc) is 2.84. The molecule has 9 heteroatoms. The second-order valence-electron chi connectivity index (χ2n) is 7.98. The third-order valence-electron chi connectivity index (χ3n) is 5.25. The van der Waals surface area contributed by atoms with Crippen molar-refractivity contribution in [3.05, 3.63) is 89.0 Å². The van der Waals surface area contributed by atoms with E-state index in [4.69, 9.17) is 9.47 Å². The summed E-state index contributed by atoms with van der Waals surface area (Å²) in [5, 5.41) is 3.98. The normalized spacial score (nSPS) is 11.6. The molecular weight excluding hydrogens is 466 g/mol. The molecule has 0 spiro atoms. The maximum atomic E-state index is 13.4. The second kappa shape index (κ2) is 11.6. The smallest absolute Gasteiger partial charge is 0.255 e. The predicted octanol–water partition coefficient (Wildman–Crippen LogP) is 3.66. The van der Waals surface area contributed by atoms with Crippen molar-refractivity contribution in [2.45, 2.75) is 25.3 Å². The molecule has 3 aromatic rings. The Bertz CT molecular complexity index is 1300. The Morgan fingerprint density at radius 2 is 1.71 bits per heavy atom. The maximum Gasteiger partial charge on any atom is 0.255 e.